The van der Waals surface area contributed by atoms with Gasteiger partial charge < -0.3 is 4.90 Å². The predicted molar refractivity (Wildman–Crippen MR) is 90.6 cm³/mol. The SMILES string of the molecule is [2H]c1c([2H])c([2H])c(N(c2c([2H])c([2H])c(C)c([2H])c2[2H])c2c([2H])c([2H])c(C)c([2H])c2[2H])c([2H])c1[2H]. The Bertz CT molecular complexity index is 1110. The molecule has 0 heterocycles. The highest BCUT2D eigenvalue weighted by Crippen LogP contribution is 2.34. The molecular formula is C20H19N. The van der Waals surface area contributed by atoms with Gasteiger partial charge in [0.05, 0.1) is 17.8 Å². The zero-order valence-electron chi connectivity index (χ0n) is 24.4. The number of nitrogens with zero attached hydrogens (tertiary/aromatic N) is 1. The van der Waals surface area contributed by atoms with Crippen molar-refractivity contribution in [1.29, 1.82) is 0 Å². The van der Waals surface area contributed by atoms with E-state index in [1.165, 1.54) is 13.8 Å². The standard InChI is InChI=1S/C20H19N/c1-16-8-12-19(13-9-16)21(18-6-4-3-5-7-18)20-14-10-17(2)11-15-20/h3-15H,1-2H3/i3D,4D,5D,6D,7D,8D,9D,10D,11D,12D,13D,14D,15D. The maximum absolute atomic E-state index is 8.48. The fourth-order valence-electron chi connectivity index (χ4n) is 1.65. The Kier molecular flexibility index (Phi) is 1.40. The number of rotatable bonds is 3. The van der Waals surface area contributed by atoms with Gasteiger partial charge in [-0.2, -0.15) is 0 Å². The molecule has 3 aromatic carbocycles. The summed E-state index contributed by atoms with van der Waals surface area (Å²) >= 11 is 0. The van der Waals surface area contributed by atoms with Gasteiger partial charge in [0.2, 0.25) is 0 Å². The lowest BCUT2D eigenvalue weighted by molar-refractivity contribution is 1.27. The van der Waals surface area contributed by atoms with Crippen molar-refractivity contribution in [3.63, 3.8) is 0 Å². The maximum Gasteiger partial charge on any atom is 0.0645 e. The summed E-state index contributed by atoms with van der Waals surface area (Å²) in [6.07, 6.45) is 0. The van der Waals surface area contributed by atoms with Crippen molar-refractivity contribution in [3.8, 4) is 0 Å². The van der Waals surface area contributed by atoms with Crippen LogP contribution in [0, 0.1) is 13.8 Å². The first-order chi connectivity index (χ1) is 15.7. The fourth-order valence-corrected chi connectivity index (χ4v) is 1.65. The van der Waals surface area contributed by atoms with E-state index in [1.54, 1.807) is 0 Å². The minimum Gasteiger partial charge on any atom is -0.311 e. The molecule has 1 heteroatoms. The molecule has 0 unspecified atom stereocenters. The van der Waals surface area contributed by atoms with Gasteiger partial charge in [-0.25, -0.2) is 0 Å². The van der Waals surface area contributed by atoms with Crippen LogP contribution in [0.2, 0.25) is 0 Å². The van der Waals surface area contributed by atoms with Crippen molar-refractivity contribution in [3.05, 3.63) is 89.7 Å². The number of benzene rings is 3. The Morgan fingerprint density at radius 3 is 1.38 bits per heavy atom. The highest BCUT2D eigenvalue weighted by atomic mass is 15.1. The van der Waals surface area contributed by atoms with E-state index in [9.17, 15) is 0 Å². The summed E-state index contributed by atoms with van der Waals surface area (Å²) in [4.78, 5) is 0.709. The Morgan fingerprint density at radius 1 is 0.571 bits per heavy atom. The number of hydrogen-bond acceptors (Lipinski definition) is 1. The van der Waals surface area contributed by atoms with Gasteiger partial charge in [-0.05, 0) is 50.1 Å². The fraction of sp³-hybridized carbons (Fsp3) is 0.100. The van der Waals surface area contributed by atoms with Crippen LogP contribution < -0.4 is 4.90 Å². The second kappa shape index (κ2) is 5.84. The molecule has 0 aromatic heterocycles. The lowest BCUT2D eigenvalue weighted by atomic mass is 10.1. The smallest absolute Gasteiger partial charge is 0.0645 e. The lowest BCUT2D eigenvalue weighted by Gasteiger charge is -2.25. The summed E-state index contributed by atoms with van der Waals surface area (Å²) in [7, 11) is 0. The molecule has 0 bridgehead atoms. The topological polar surface area (TPSA) is 3.24 Å². The van der Waals surface area contributed by atoms with Crippen molar-refractivity contribution < 1.29 is 17.8 Å². The molecular weight excluding hydrogens is 254 g/mol. The van der Waals surface area contributed by atoms with Crippen LogP contribution in [0.1, 0.15) is 28.9 Å². The normalized spacial score (nSPS) is 19.0. The van der Waals surface area contributed by atoms with E-state index < -0.39 is 95.6 Å². The van der Waals surface area contributed by atoms with Crippen LogP contribution in [0.4, 0.5) is 17.1 Å². The Labute approximate surface area is 144 Å². The van der Waals surface area contributed by atoms with Gasteiger partial charge in [0.1, 0.15) is 0 Å². The predicted octanol–water partition coefficient (Wildman–Crippen LogP) is 5.77. The molecule has 0 spiro atoms. The molecule has 0 saturated carbocycles. The van der Waals surface area contributed by atoms with E-state index in [-0.39, 0.29) is 11.1 Å². The molecule has 0 saturated heterocycles. The van der Waals surface area contributed by atoms with Crippen LogP contribution in [0.3, 0.4) is 0 Å². The molecule has 0 aliphatic carbocycles. The van der Waals surface area contributed by atoms with E-state index in [0.717, 1.165) is 0 Å². The van der Waals surface area contributed by atoms with Crippen LogP contribution in [-0.2, 0) is 0 Å². The van der Waals surface area contributed by atoms with Crippen LogP contribution in [0.5, 0.6) is 0 Å². The average molecular weight is 286 g/mol. The molecule has 0 aliphatic rings. The summed E-state index contributed by atoms with van der Waals surface area (Å²) < 4.78 is 108. The van der Waals surface area contributed by atoms with Crippen molar-refractivity contribution in [2.24, 2.45) is 0 Å². The first kappa shape index (κ1) is 5.03. The third-order valence-corrected chi connectivity index (χ3v) is 2.63. The number of anilines is 3. The van der Waals surface area contributed by atoms with Gasteiger partial charge in [-0.1, -0.05) is 53.4 Å². The van der Waals surface area contributed by atoms with Crippen molar-refractivity contribution in [2.45, 2.75) is 13.8 Å². The van der Waals surface area contributed by atoms with Gasteiger partial charge >= 0.3 is 0 Å². The van der Waals surface area contributed by atoms with Gasteiger partial charge in [-0.3, -0.25) is 0 Å². The summed E-state index contributed by atoms with van der Waals surface area (Å²) in [5, 5.41) is 0. The molecule has 1 nitrogen and oxygen atoms in total. The monoisotopic (exact) mass is 286 g/mol. The van der Waals surface area contributed by atoms with Gasteiger partial charge in [0, 0.05) is 17.1 Å². The van der Waals surface area contributed by atoms with Gasteiger partial charge in [0.25, 0.3) is 0 Å². The molecule has 104 valence electrons. The lowest BCUT2D eigenvalue weighted by Crippen LogP contribution is -2.09. The molecule has 0 fully saturated rings. The number of hydrogen-bond donors (Lipinski definition) is 0. The first-order valence-electron chi connectivity index (χ1n) is 12.7. The van der Waals surface area contributed by atoms with Gasteiger partial charge in [0.15, 0.2) is 0 Å². The highest BCUT2D eigenvalue weighted by molar-refractivity contribution is 5.76. The molecule has 0 radical (unpaired) electrons. The molecule has 0 N–H and O–H groups in total. The Morgan fingerprint density at radius 2 is 0.952 bits per heavy atom. The summed E-state index contributed by atoms with van der Waals surface area (Å²) in [6, 6.07) is -8.18. The zero-order valence-corrected chi connectivity index (χ0v) is 11.4. The van der Waals surface area contributed by atoms with E-state index in [1.807, 2.05) is 0 Å². The van der Waals surface area contributed by atoms with E-state index in [2.05, 4.69) is 0 Å². The van der Waals surface area contributed by atoms with Crippen LogP contribution in [0.15, 0.2) is 78.6 Å². The largest absolute Gasteiger partial charge is 0.311 e. The summed E-state index contributed by atoms with van der Waals surface area (Å²) in [5.41, 5.74) is -1.75. The Hall–Kier alpha value is -2.54. The minimum atomic E-state index is -0.777. The van der Waals surface area contributed by atoms with E-state index >= 15 is 0 Å². The molecule has 0 amide bonds. The Balaban J connectivity index is 2.68. The average Bonchev–Trinajstić information content (AvgIpc) is 2.81. The van der Waals surface area contributed by atoms with Crippen molar-refractivity contribution in [1.82, 2.24) is 0 Å². The second-order valence-electron chi connectivity index (χ2n) is 4.26. The third kappa shape index (κ3) is 2.97. The first-order valence-corrected chi connectivity index (χ1v) is 6.17. The molecule has 0 atom stereocenters. The summed E-state index contributed by atoms with van der Waals surface area (Å²) in [5.74, 6) is 0. The van der Waals surface area contributed by atoms with Crippen LogP contribution in [-0.4, -0.2) is 0 Å². The highest BCUT2D eigenvalue weighted by Gasteiger charge is 2.11. The summed E-state index contributed by atoms with van der Waals surface area (Å²) in [6.45, 7) is 2.72. The molecule has 3 aromatic rings. The third-order valence-electron chi connectivity index (χ3n) is 2.63. The van der Waals surface area contributed by atoms with Crippen molar-refractivity contribution >= 4 is 17.1 Å². The van der Waals surface area contributed by atoms with Crippen LogP contribution >= 0.6 is 0 Å². The molecule has 21 heavy (non-hydrogen) atoms. The van der Waals surface area contributed by atoms with Crippen molar-refractivity contribution in [2.75, 3.05) is 4.90 Å². The zero-order chi connectivity index (χ0) is 26.0. The quantitative estimate of drug-likeness (QED) is 0.590. The van der Waals surface area contributed by atoms with E-state index in [4.69, 9.17) is 17.8 Å². The van der Waals surface area contributed by atoms with Crippen LogP contribution in [0.25, 0.3) is 0 Å². The second-order valence-corrected chi connectivity index (χ2v) is 4.26. The maximum atomic E-state index is 8.48. The van der Waals surface area contributed by atoms with E-state index in [0.29, 0.717) is 4.90 Å². The molecule has 3 rings (SSSR count). The minimum absolute atomic E-state index is 0.00298. The number of para-hydroxylation sites is 1. The molecule has 0 aliphatic heterocycles. The van der Waals surface area contributed by atoms with Gasteiger partial charge in [-0.15, -0.1) is 0 Å².